The summed E-state index contributed by atoms with van der Waals surface area (Å²) in [5.74, 6) is 0. The molecule has 1 aromatic carbocycles. The monoisotopic (exact) mass is 174 g/mol. The lowest BCUT2D eigenvalue weighted by molar-refractivity contribution is 1.31. The Morgan fingerprint density at radius 1 is 1.15 bits per heavy atom. The zero-order valence-corrected chi connectivity index (χ0v) is 6.65. The average Bonchev–Trinajstić information content (AvgIpc) is 2.19. The number of nitrogens with zero attached hydrogens (tertiary/aromatic N) is 1. The minimum Gasteiger partial charge on any atom is -0.352 e. The van der Waals surface area contributed by atoms with Gasteiger partial charge in [0.1, 0.15) is 0 Å². The van der Waals surface area contributed by atoms with Gasteiger partial charge in [-0.05, 0) is 12.1 Å². The molecule has 13 heavy (non-hydrogen) atoms. The first kappa shape index (κ1) is 7.67. The second-order valence-electron chi connectivity index (χ2n) is 2.61. The van der Waals surface area contributed by atoms with E-state index in [2.05, 4.69) is 10.3 Å². The van der Waals surface area contributed by atoms with Crippen LogP contribution < -0.4 is 16.2 Å². The topological polar surface area (TPSA) is 59.1 Å². The van der Waals surface area contributed by atoms with E-state index in [1.807, 2.05) is 0 Å². The van der Waals surface area contributed by atoms with Crippen molar-refractivity contribution in [2.45, 2.75) is 0 Å². The maximum Gasteiger partial charge on any atom is 0.249 e. The van der Waals surface area contributed by atoms with Crippen molar-refractivity contribution < 1.29 is 0 Å². The van der Waals surface area contributed by atoms with Crippen molar-refractivity contribution in [2.75, 3.05) is 5.32 Å². The molecule has 0 aliphatic rings. The van der Waals surface area contributed by atoms with Crippen LogP contribution in [0.3, 0.4) is 0 Å². The molecule has 0 fully saturated rings. The highest BCUT2D eigenvalue weighted by molar-refractivity contribution is 5.60. The summed E-state index contributed by atoms with van der Waals surface area (Å²) in [6.07, 6.45) is 3.21. The summed E-state index contributed by atoms with van der Waals surface area (Å²) in [5, 5.41) is 2.81. The highest BCUT2D eigenvalue weighted by Gasteiger charge is 2.08. The fourth-order valence-corrected chi connectivity index (χ4v) is 1.00. The van der Waals surface area contributed by atoms with Gasteiger partial charge in [0.2, 0.25) is 10.9 Å². The molecule has 0 amide bonds. The number of hydrogen-bond acceptors (Lipinski definition) is 4. The molecule has 0 bridgehead atoms. The molecule has 0 spiro atoms. The van der Waals surface area contributed by atoms with Crippen LogP contribution in [0.2, 0.25) is 0 Å². The highest BCUT2D eigenvalue weighted by atomic mass is 16.2. The SMILES string of the molecule is O=c1cc(Nc2ccncc2)c1=O. The van der Waals surface area contributed by atoms with Crippen LogP contribution in [0, 0.1) is 0 Å². The Balaban J connectivity index is 2.23. The molecule has 4 nitrogen and oxygen atoms in total. The zero-order chi connectivity index (χ0) is 9.26. The third-order valence-electron chi connectivity index (χ3n) is 1.70. The predicted octanol–water partition coefficient (Wildman–Crippen LogP) is 0.421. The Morgan fingerprint density at radius 2 is 1.85 bits per heavy atom. The summed E-state index contributed by atoms with van der Waals surface area (Å²) < 4.78 is 0. The summed E-state index contributed by atoms with van der Waals surface area (Å²) in [4.78, 5) is 25.2. The minimum absolute atomic E-state index is 0.344. The Labute approximate surface area is 73.6 Å². The van der Waals surface area contributed by atoms with Crippen LogP contribution in [-0.4, -0.2) is 4.98 Å². The van der Waals surface area contributed by atoms with Gasteiger partial charge in [-0.3, -0.25) is 14.6 Å². The number of aromatic nitrogens is 1. The van der Waals surface area contributed by atoms with Crippen LogP contribution in [-0.2, 0) is 0 Å². The minimum atomic E-state index is -0.461. The molecule has 0 aliphatic carbocycles. The van der Waals surface area contributed by atoms with Crippen LogP contribution in [0.15, 0.2) is 40.2 Å². The molecule has 0 radical (unpaired) electrons. The average molecular weight is 174 g/mol. The molecule has 1 aromatic heterocycles. The first-order chi connectivity index (χ1) is 6.27. The van der Waals surface area contributed by atoms with Crippen LogP contribution in [0.4, 0.5) is 11.4 Å². The fourth-order valence-electron chi connectivity index (χ4n) is 1.00. The molecule has 4 heteroatoms. The van der Waals surface area contributed by atoms with Gasteiger partial charge in [0.25, 0.3) is 0 Å². The van der Waals surface area contributed by atoms with Crippen molar-refractivity contribution in [1.82, 2.24) is 4.98 Å². The number of hydrogen-bond donors (Lipinski definition) is 1. The normalized spacial score (nSPS) is 10.2. The summed E-state index contributed by atoms with van der Waals surface area (Å²) in [5.41, 5.74) is 0.187. The van der Waals surface area contributed by atoms with Crippen molar-refractivity contribution >= 4 is 11.4 Å². The van der Waals surface area contributed by atoms with Crippen LogP contribution in [0.25, 0.3) is 0 Å². The Hall–Kier alpha value is -1.97. The molecular weight excluding hydrogens is 168 g/mol. The lowest BCUT2D eigenvalue weighted by Gasteiger charge is -2.04. The van der Waals surface area contributed by atoms with Crippen molar-refractivity contribution in [3.63, 3.8) is 0 Å². The summed E-state index contributed by atoms with van der Waals surface area (Å²) in [6.45, 7) is 0. The smallest absolute Gasteiger partial charge is 0.249 e. The van der Waals surface area contributed by atoms with E-state index in [0.29, 0.717) is 5.69 Å². The number of anilines is 2. The molecule has 2 aromatic rings. The molecule has 0 aliphatic heterocycles. The second kappa shape index (κ2) is 2.82. The Kier molecular flexibility index (Phi) is 1.66. The Morgan fingerprint density at radius 3 is 2.38 bits per heavy atom. The molecule has 2 rings (SSSR count). The van der Waals surface area contributed by atoms with E-state index in [9.17, 15) is 9.59 Å². The largest absolute Gasteiger partial charge is 0.352 e. The van der Waals surface area contributed by atoms with Gasteiger partial charge < -0.3 is 5.32 Å². The van der Waals surface area contributed by atoms with Crippen LogP contribution >= 0.6 is 0 Å². The summed E-state index contributed by atoms with van der Waals surface area (Å²) in [7, 11) is 0. The van der Waals surface area contributed by atoms with Gasteiger partial charge in [-0.15, -0.1) is 0 Å². The fraction of sp³-hybridized carbons (Fsp3) is 0. The van der Waals surface area contributed by atoms with Crippen LogP contribution in [0.5, 0.6) is 0 Å². The number of nitrogens with one attached hydrogen (secondary N) is 1. The van der Waals surface area contributed by atoms with Gasteiger partial charge in [-0.25, -0.2) is 0 Å². The van der Waals surface area contributed by atoms with E-state index in [1.54, 1.807) is 24.5 Å². The quantitative estimate of drug-likeness (QED) is 0.670. The molecule has 0 saturated carbocycles. The second-order valence-corrected chi connectivity index (χ2v) is 2.61. The molecular formula is C9H6N2O2. The molecule has 1 heterocycles. The molecule has 0 saturated heterocycles. The van der Waals surface area contributed by atoms with E-state index < -0.39 is 10.9 Å². The van der Waals surface area contributed by atoms with Gasteiger partial charge >= 0.3 is 0 Å². The molecule has 1 N–H and O–H groups in total. The summed E-state index contributed by atoms with van der Waals surface area (Å²) in [6, 6.07) is 4.72. The van der Waals surface area contributed by atoms with E-state index >= 15 is 0 Å². The number of rotatable bonds is 2. The van der Waals surface area contributed by atoms with Crippen LogP contribution in [0.1, 0.15) is 0 Å². The predicted molar refractivity (Wildman–Crippen MR) is 48.9 cm³/mol. The first-order valence-electron chi connectivity index (χ1n) is 3.75. The van der Waals surface area contributed by atoms with Gasteiger partial charge in [-0.1, -0.05) is 0 Å². The van der Waals surface area contributed by atoms with Crippen molar-refractivity contribution in [2.24, 2.45) is 0 Å². The highest BCUT2D eigenvalue weighted by Crippen LogP contribution is 2.09. The lowest BCUT2D eigenvalue weighted by atomic mass is 10.2. The van der Waals surface area contributed by atoms with E-state index in [-0.39, 0.29) is 0 Å². The first-order valence-corrected chi connectivity index (χ1v) is 3.75. The molecule has 0 atom stereocenters. The van der Waals surface area contributed by atoms with Crippen molar-refractivity contribution in [3.8, 4) is 0 Å². The van der Waals surface area contributed by atoms with Gasteiger partial charge in [0.15, 0.2) is 0 Å². The Bertz CT molecular complexity index is 483. The van der Waals surface area contributed by atoms with E-state index in [4.69, 9.17) is 0 Å². The van der Waals surface area contributed by atoms with Gasteiger partial charge in [0, 0.05) is 24.1 Å². The summed E-state index contributed by atoms with van der Waals surface area (Å²) >= 11 is 0. The van der Waals surface area contributed by atoms with Crippen molar-refractivity contribution in [1.29, 1.82) is 0 Å². The van der Waals surface area contributed by atoms with E-state index in [1.165, 1.54) is 6.07 Å². The van der Waals surface area contributed by atoms with E-state index in [0.717, 1.165) is 5.69 Å². The van der Waals surface area contributed by atoms with Gasteiger partial charge in [0.05, 0.1) is 5.69 Å². The maximum absolute atomic E-state index is 10.9. The lowest BCUT2D eigenvalue weighted by Crippen LogP contribution is -2.31. The number of pyridine rings is 1. The molecule has 0 unspecified atom stereocenters. The zero-order valence-electron chi connectivity index (χ0n) is 6.65. The van der Waals surface area contributed by atoms with Gasteiger partial charge in [-0.2, -0.15) is 0 Å². The third kappa shape index (κ3) is 1.33. The molecule has 64 valence electrons. The standard InChI is InChI=1S/C9H6N2O2/c12-8-5-7(9(8)13)11-6-1-3-10-4-2-6/h1-5H,(H,10,11). The third-order valence-corrected chi connectivity index (χ3v) is 1.70. The van der Waals surface area contributed by atoms with Crippen molar-refractivity contribution in [3.05, 3.63) is 51.0 Å². The maximum atomic E-state index is 10.9.